The fourth-order valence-corrected chi connectivity index (χ4v) is 1.36. The van der Waals surface area contributed by atoms with E-state index in [1.54, 1.807) is 7.05 Å². The third kappa shape index (κ3) is 5.10. The quantitative estimate of drug-likeness (QED) is 0.719. The maximum Gasteiger partial charge on any atom is 0.314 e. The highest BCUT2D eigenvalue weighted by Gasteiger charge is 2.25. The molecule has 0 aliphatic carbocycles. The number of unbranched alkanes of at least 4 members (excludes halogenated alkanes) is 1. The van der Waals surface area contributed by atoms with Gasteiger partial charge in [0.25, 0.3) is 0 Å². The van der Waals surface area contributed by atoms with Gasteiger partial charge in [0.05, 0.1) is 0 Å². The van der Waals surface area contributed by atoms with Gasteiger partial charge < -0.3 is 10.6 Å². The van der Waals surface area contributed by atoms with Crippen LogP contribution in [-0.2, 0) is 0 Å². The number of amides is 2. The second-order valence-corrected chi connectivity index (χ2v) is 4.78. The Hall–Kier alpha value is -0.730. The van der Waals surface area contributed by atoms with Crippen LogP contribution in [0.3, 0.4) is 0 Å². The summed E-state index contributed by atoms with van der Waals surface area (Å²) in [5.41, 5.74) is 0.127. The van der Waals surface area contributed by atoms with Crippen molar-refractivity contribution >= 4 is 6.03 Å². The van der Waals surface area contributed by atoms with Crippen LogP contribution in [0.4, 0.5) is 4.79 Å². The largest absolute Gasteiger partial charge is 0.341 e. The van der Waals surface area contributed by atoms with E-state index in [9.17, 15) is 4.79 Å². The molecule has 0 saturated heterocycles. The van der Waals surface area contributed by atoms with Crippen molar-refractivity contribution in [2.45, 2.75) is 53.0 Å². The van der Waals surface area contributed by atoms with Crippen LogP contribution in [0, 0.1) is 5.41 Å². The number of carbonyl (C=O) groups excluding carboxylic acids is 1. The zero-order chi connectivity index (χ0) is 11.2. The molecule has 3 heteroatoms. The van der Waals surface area contributed by atoms with Gasteiger partial charge in [-0.05, 0) is 11.8 Å². The molecule has 0 rings (SSSR count). The number of carbonyl (C=O) groups is 1. The Kier molecular flexibility index (Phi) is 5.58. The van der Waals surface area contributed by atoms with E-state index in [1.807, 2.05) is 0 Å². The Morgan fingerprint density at radius 1 is 1.36 bits per heavy atom. The smallest absolute Gasteiger partial charge is 0.314 e. The lowest BCUT2D eigenvalue weighted by atomic mass is 9.84. The van der Waals surface area contributed by atoms with E-state index in [1.165, 1.54) is 6.42 Å². The lowest BCUT2D eigenvalue weighted by Gasteiger charge is -2.31. The minimum Gasteiger partial charge on any atom is -0.341 e. The van der Waals surface area contributed by atoms with E-state index in [0.29, 0.717) is 0 Å². The molecule has 1 unspecified atom stereocenters. The van der Waals surface area contributed by atoms with Gasteiger partial charge in [-0.15, -0.1) is 0 Å². The normalized spacial score (nSPS) is 13.5. The van der Waals surface area contributed by atoms with Crippen LogP contribution in [0.25, 0.3) is 0 Å². The minimum atomic E-state index is -0.0824. The second-order valence-electron chi connectivity index (χ2n) is 4.78. The molecule has 2 N–H and O–H groups in total. The molecule has 0 aromatic rings. The predicted molar refractivity (Wildman–Crippen MR) is 60.4 cm³/mol. The number of nitrogens with one attached hydrogen (secondary N) is 2. The molecule has 0 saturated carbocycles. The molecule has 0 radical (unpaired) electrons. The van der Waals surface area contributed by atoms with E-state index < -0.39 is 0 Å². The van der Waals surface area contributed by atoms with Gasteiger partial charge in [0.15, 0.2) is 0 Å². The van der Waals surface area contributed by atoms with Gasteiger partial charge in [0.2, 0.25) is 0 Å². The van der Waals surface area contributed by atoms with Crippen molar-refractivity contribution in [1.29, 1.82) is 0 Å². The van der Waals surface area contributed by atoms with Crippen molar-refractivity contribution in [3.8, 4) is 0 Å². The van der Waals surface area contributed by atoms with Crippen LogP contribution < -0.4 is 10.6 Å². The minimum absolute atomic E-state index is 0.0824. The van der Waals surface area contributed by atoms with Gasteiger partial charge in [-0.2, -0.15) is 0 Å². The molecule has 0 bridgehead atoms. The van der Waals surface area contributed by atoms with E-state index in [2.05, 4.69) is 38.3 Å². The van der Waals surface area contributed by atoms with Gasteiger partial charge in [-0.25, -0.2) is 4.79 Å². The van der Waals surface area contributed by atoms with Crippen molar-refractivity contribution in [2.24, 2.45) is 5.41 Å². The van der Waals surface area contributed by atoms with Crippen LogP contribution in [0.1, 0.15) is 47.0 Å². The first-order valence-electron chi connectivity index (χ1n) is 5.40. The number of rotatable bonds is 4. The average Bonchev–Trinajstić information content (AvgIpc) is 2.09. The second kappa shape index (κ2) is 5.89. The summed E-state index contributed by atoms with van der Waals surface area (Å²) in [7, 11) is 1.65. The Balaban J connectivity index is 4.18. The zero-order valence-corrected chi connectivity index (χ0v) is 10.1. The first-order chi connectivity index (χ1) is 6.41. The monoisotopic (exact) mass is 200 g/mol. The average molecular weight is 200 g/mol. The molecule has 0 aliphatic heterocycles. The maximum atomic E-state index is 11.2. The zero-order valence-electron chi connectivity index (χ0n) is 10.1. The lowest BCUT2D eigenvalue weighted by Crippen LogP contribution is -2.47. The summed E-state index contributed by atoms with van der Waals surface area (Å²) >= 11 is 0. The van der Waals surface area contributed by atoms with Crippen LogP contribution >= 0.6 is 0 Å². The molecule has 0 aromatic carbocycles. The Morgan fingerprint density at radius 2 is 1.93 bits per heavy atom. The lowest BCUT2D eigenvalue weighted by molar-refractivity contribution is 0.214. The van der Waals surface area contributed by atoms with Crippen LogP contribution in [0.2, 0.25) is 0 Å². The SMILES string of the molecule is CCCCC(NC(=O)NC)C(C)(C)C. The van der Waals surface area contributed by atoms with Crippen molar-refractivity contribution < 1.29 is 4.79 Å². The molecule has 14 heavy (non-hydrogen) atoms. The number of hydrogen-bond acceptors (Lipinski definition) is 1. The third-order valence-electron chi connectivity index (χ3n) is 2.42. The Bertz CT molecular complexity index is 173. The Morgan fingerprint density at radius 3 is 2.29 bits per heavy atom. The van der Waals surface area contributed by atoms with Crippen molar-refractivity contribution in [3.05, 3.63) is 0 Å². The topological polar surface area (TPSA) is 41.1 Å². The summed E-state index contributed by atoms with van der Waals surface area (Å²) in [6, 6.07) is 0.170. The maximum absolute atomic E-state index is 11.2. The van der Waals surface area contributed by atoms with E-state index in [0.717, 1.165) is 12.8 Å². The van der Waals surface area contributed by atoms with Crippen LogP contribution in [0.5, 0.6) is 0 Å². The number of hydrogen-bond donors (Lipinski definition) is 2. The summed E-state index contributed by atoms with van der Waals surface area (Å²) < 4.78 is 0. The fourth-order valence-electron chi connectivity index (χ4n) is 1.36. The highest BCUT2D eigenvalue weighted by Crippen LogP contribution is 2.23. The van der Waals surface area contributed by atoms with Crippen LogP contribution in [0.15, 0.2) is 0 Å². The fraction of sp³-hybridized carbons (Fsp3) is 0.909. The van der Waals surface area contributed by atoms with Gasteiger partial charge in [0.1, 0.15) is 0 Å². The summed E-state index contributed by atoms with van der Waals surface area (Å²) in [5, 5.41) is 5.59. The van der Waals surface area contributed by atoms with Crippen molar-refractivity contribution in [1.82, 2.24) is 10.6 Å². The highest BCUT2D eigenvalue weighted by atomic mass is 16.2. The number of urea groups is 1. The van der Waals surface area contributed by atoms with Gasteiger partial charge in [-0.3, -0.25) is 0 Å². The molecule has 0 aromatic heterocycles. The van der Waals surface area contributed by atoms with Crippen molar-refractivity contribution in [3.63, 3.8) is 0 Å². The summed E-state index contributed by atoms with van der Waals surface area (Å²) in [6.45, 7) is 8.63. The molecule has 0 fully saturated rings. The van der Waals surface area contributed by atoms with E-state index in [4.69, 9.17) is 0 Å². The molecule has 0 spiro atoms. The van der Waals surface area contributed by atoms with Gasteiger partial charge in [-0.1, -0.05) is 40.5 Å². The van der Waals surface area contributed by atoms with Crippen LogP contribution in [-0.4, -0.2) is 19.1 Å². The molecule has 2 amide bonds. The summed E-state index contributed by atoms with van der Waals surface area (Å²) in [4.78, 5) is 11.2. The molecular weight excluding hydrogens is 176 g/mol. The summed E-state index contributed by atoms with van der Waals surface area (Å²) in [5.74, 6) is 0. The molecule has 84 valence electrons. The van der Waals surface area contributed by atoms with Crippen molar-refractivity contribution in [2.75, 3.05) is 7.05 Å². The standard InChI is InChI=1S/C11H24N2O/c1-6-7-8-9(11(2,3)4)13-10(14)12-5/h9H,6-8H2,1-5H3,(H2,12,13,14). The summed E-state index contributed by atoms with van der Waals surface area (Å²) in [6.07, 6.45) is 3.38. The van der Waals surface area contributed by atoms with E-state index in [-0.39, 0.29) is 17.5 Å². The van der Waals surface area contributed by atoms with Gasteiger partial charge >= 0.3 is 6.03 Å². The molecule has 3 nitrogen and oxygen atoms in total. The molecule has 0 heterocycles. The van der Waals surface area contributed by atoms with E-state index >= 15 is 0 Å². The first kappa shape index (κ1) is 13.3. The third-order valence-corrected chi connectivity index (χ3v) is 2.42. The molecular formula is C11H24N2O. The predicted octanol–water partition coefficient (Wildman–Crippen LogP) is 2.52. The molecule has 1 atom stereocenters. The Labute approximate surface area is 87.6 Å². The highest BCUT2D eigenvalue weighted by molar-refractivity contribution is 5.73. The first-order valence-corrected chi connectivity index (χ1v) is 5.40. The van der Waals surface area contributed by atoms with Gasteiger partial charge in [0, 0.05) is 13.1 Å². The molecule has 0 aliphatic rings.